The number of likely N-dealkylation sites (tertiary alicyclic amines) is 1. The molecule has 0 aromatic carbocycles. The molecule has 0 N–H and O–H groups in total. The largest absolute Gasteiger partial charge is 0.444 e. The molecule has 2 rings (SSSR count). The Labute approximate surface area is 131 Å². The summed E-state index contributed by atoms with van der Waals surface area (Å²) in [6.07, 6.45) is 1.88. The molecule has 0 radical (unpaired) electrons. The van der Waals surface area contributed by atoms with Crippen molar-refractivity contribution in [1.29, 1.82) is 0 Å². The average molecular weight is 311 g/mol. The molecule has 0 unspecified atom stereocenters. The second kappa shape index (κ2) is 6.79. The van der Waals surface area contributed by atoms with Gasteiger partial charge in [0.05, 0.1) is 18.8 Å². The zero-order chi connectivity index (χ0) is 15.5. The maximum absolute atomic E-state index is 12.1. The first-order valence-corrected chi connectivity index (χ1v) is 8.40. The van der Waals surface area contributed by atoms with E-state index < -0.39 is 5.60 Å². The molecule has 0 bridgehead atoms. The molecular formula is C16H25NO3S. The van der Waals surface area contributed by atoms with E-state index in [9.17, 15) is 4.79 Å². The molecule has 2 atom stereocenters. The Kier molecular flexibility index (Phi) is 5.27. The lowest BCUT2D eigenvalue weighted by Gasteiger charge is -2.35. The maximum Gasteiger partial charge on any atom is 0.410 e. The number of ether oxygens (including phenoxy) is 2. The summed E-state index contributed by atoms with van der Waals surface area (Å²) in [5.74, 6) is 0. The molecule has 1 saturated heterocycles. The molecule has 1 aromatic rings. The lowest BCUT2D eigenvalue weighted by Crippen LogP contribution is -2.45. The summed E-state index contributed by atoms with van der Waals surface area (Å²) in [6.45, 7) is 9.11. The fourth-order valence-electron chi connectivity index (χ4n) is 2.42. The van der Waals surface area contributed by atoms with Crippen LogP contribution < -0.4 is 0 Å². The van der Waals surface area contributed by atoms with E-state index in [1.54, 1.807) is 16.2 Å². The molecule has 1 fully saturated rings. The Morgan fingerprint density at radius 2 is 2.24 bits per heavy atom. The topological polar surface area (TPSA) is 38.8 Å². The van der Waals surface area contributed by atoms with Gasteiger partial charge in [-0.2, -0.15) is 0 Å². The number of carbonyl (C=O) groups is 1. The van der Waals surface area contributed by atoms with E-state index in [1.807, 2.05) is 26.8 Å². The highest BCUT2D eigenvalue weighted by atomic mass is 32.1. The molecule has 0 spiro atoms. The first-order valence-electron chi connectivity index (χ1n) is 7.52. The van der Waals surface area contributed by atoms with Crippen molar-refractivity contribution in [3.8, 4) is 0 Å². The van der Waals surface area contributed by atoms with Crippen LogP contribution in [0.15, 0.2) is 17.5 Å². The smallest absolute Gasteiger partial charge is 0.410 e. The Hall–Kier alpha value is -1.07. The second-order valence-electron chi connectivity index (χ2n) is 6.48. The van der Waals surface area contributed by atoms with Gasteiger partial charge in [0, 0.05) is 11.4 Å². The molecule has 1 aromatic heterocycles. The number of amides is 1. The standard InChI is InChI=1S/C16H25NO3S/c1-12(14-8-6-10-21-14)19-13-7-5-9-17(11-13)15(18)20-16(2,3)4/h6,8,10,12-13H,5,7,9,11H2,1-4H3/t12-,13+/m0/s1. The van der Waals surface area contributed by atoms with Crippen molar-refractivity contribution in [2.45, 2.75) is 58.3 Å². The van der Waals surface area contributed by atoms with Crippen molar-refractivity contribution in [3.63, 3.8) is 0 Å². The van der Waals surface area contributed by atoms with Gasteiger partial charge in [0.15, 0.2) is 0 Å². The van der Waals surface area contributed by atoms with Gasteiger partial charge >= 0.3 is 6.09 Å². The van der Waals surface area contributed by atoms with Crippen molar-refractivity contribution >= 4 is 17.4 Å². The molecule has 1 aliphatic heterocycles. The minimum atomic E-state index is -0.449. The summed E-state index contributed by atoms with van der Waals surface area (Å²) in [7, 11) is 0. The van der Waals surface area contributed by atoms with E-state index >= 15 is 0 Å². The minimum absolute atomic E-state index is 0.0774. The highest BCUT2D eigenvalue weighted by Gasteiger charge is 2.29. The summed E-state index contributed by atoms with van der Waals surface area (Å²) < 4.78 is 11.5. The third-order valence-corrected chi connectivity index (χ3v) is 4.40. The number of carbonyl (C=O) groups excluding carboxylic acids is 1. The molecule has 1 amide bonds. The van der Waals surface area contributed by atoms with Gasteiger partial charge < -0.3 is 14.4 Å². The second-order valence-corrected chi connectivity index (χ2v) is 7.46. The van der Waals surface area contributed by atoms with Gasteiger partial charge in [-0.15, -0.1) is 11.3 Å². The van der Waals surface area contributed by atoms with E-state index in [0.29, 0.717) is 6.54 Å². The Morgan fingerprint density at radius 1 is 1.48 bits per heavy atom. The third-order valence-electron chi connectivity index (χ3n) is 3.37. The number of piperidine rings is 1. The van der Waals surface area contributed by atoms with E-state index in [-0.39, 0.29) is 18.3 Å². The normalized spacial score (nSPS) is 21.1. The number of nitrogens with zero attached hydrogens (tertiary/aromatic N) is 1. The lowest BCUT2D eigenvalue weighted by atomic mass is 10.1. The van der Waals surface area contributed by atoms with Gasteiger partial charge in [-0.05, 0) is 52.0 Å². The monoisotopic (exact) mass is 311 g/mol. The molecule has 21 heavy (non-hydrogen) atoms. The van der Waals surface area contributed by atoms with E-state index in [2.05, 4.69) is 18.4 Å². The van der Waals surface area contributed by atoms with Crippen LogP contribution in [0.3, 0.4) is 0 Å². The first kappa shape index (κ1) is 16.3. The number of hydrogen-bond donors (Lipinski definition) is 0. The highest BCUT2D eigenvalue weighted by molar-refractivity contribution is 7.10. The van der Waals surface area contributed by atoms with Crippen LogP contribution in [0.2, 0.25) is 0 Å². The fourth-order valence-corrected chi connectivity index (χ4v) is 3.14. The lowest BCUT2D eigenvalue weighted by molar-refractivity contribution is -0.0474. The van der Waals surface area contributed by atoms with Crippen LogP contribution in [0.25, 0.3) is 0 Å². The van der Waals surface area contributed by atoms with Crippen LogP contribution >= 0.6 is 11.3 Å². The Balaban J connectivity index is 1.87. The van der Waals surface area contributed by atoms with Gasteiger partial charge in [-0.1, -0.05) is 6.07 Å². The zero-order valence-corrected chi connectivity index (χ0v) is 14.1. The van der Waals surface area contributed by atoms with Crippen molar-refractivity contribution in [1.82, 2.24) is 4.90 Å². The van der Waals surface area contributed by atoms with Gasteiger partial charge in [0.1, 0.15) is 5.60 Å². The van der Waals surface area contributed by atoms with Gasteiger partial charge in [0.2, 0.25) is 0 Å². The van der Waals surface area contributed by atoms with Crippen LogP contribution in [-0.4, -0.2) is 35.8 Å². The Morgan fingerprint density at radius 3 is 2.86 bits per heavy atom. The molecule has 5 heteroatoms. The highest BCUT2D eigenvalue weighted by Crippen LogP contribution is 2.26. The fraction of sp³-hybridized carbons (Fsp3) is 0.688. The molecule has 1 aliphatic rings. The Bertz CT molecular complexity index is 453. The summed E-state index contributed by atoms with van der Waals surface area (Å²) in [4.78, 5) is 15.1. The molecular weight excluding hydrogens is 286 g/mol. The summed E-state index contributed by atoms with van der Waals surface area (Å²) in [6, 6.07) is 4.12. The van der Waals surface area contributed by atoms with Crippen LogP contribution in [0, 0.1) is 0 Å². The zero-order valence-electron chi connectivity index (χ0n) is 13.3. The average Bonchev–Trinajstić information content (AvgIpc) is 2.91. The van der Waals surface area contributed by atoms with Gasteiger partial charge in [-0.25, -0.2) is 4.79 Å². The maximum atomic E-state index is 12.1. The van der Waals surface area contributed by atoms with Crippen LogP contribution in [0.1, 0.15) is 51.5 Å². The summed E-state index contributed by atoms with van der Waals surface area (Å²) in [5.41, 5.74) is -0.449. The van der Waals surface area contributed by atoms with Crippen LogP contribution in [0.4, 0.5) is 4.79 Å². The van der Waals surface area contributed by atoms with Crippen molar-refractivity contribution < 1.29 is 14.3 Å². The number of rotatable bonds is 3. The predicted octanol–water partition coefficient (Wildman–Crippen LogP) is 4.23. The minimum Gasteiger partial charge on any atom is -0.444 e. The molecule has 0 saturated carbocycles. The number of thiophene rings is 1. The molecule has 2 heterocycles. The number of hydrogen-bond acceptors (Lipinski definition) is 4. The SMILES string of the molecule is C[C@H](O[C@@H]1CCCN(C(=O)OC(C)(C)C)C1)c1cccs1. The van der Waals surface area contributed by atoms with Crippen LogP contribution in [0.5, 0.6) is 0 Å². The summed E-state index contributed by atoms with van der Waals surface area (Å²) in [5, 5.41) is 2.06. The summed E-state index contributed by atoms with van der Waals surface area (Å²) >= 11 is 1.70. The predicted molar refractivity (Wildman–Crippen MR) is 84.6 cm³/mol. The molecule has 118 valence electrons. The third kappa shape index (κ3) is 5.00. The van der Waals surface area contributed by atoms with E-state index in [0.717, 1.165) is 19.4 Å². The van der Waals surface area contributed by atoms with E-state index in [4.69, 9.17) is 9.47 Å². The van der Waals surface area contributed by atoms with E-state index in [1.165, 1.54) is 4.88 Å². The quantitative estimate of drug-likeness (QED) is 0.838. The first-order chi connectivity index (χ1) is 9.85. The van der Waals surface area contributed by atoms with Crippen molar-refractivity contribution in [2.75, 3.05) is 13.1 Å². The van der Waals surface area contributed by atoms with Crippen LogP contribution in [-0.2, 0) is 9.47 Å². The van der Waals surface area contributed by atoms with Gasteiger partial charge in [0.25, 0.3) is 0 Å². The van der Waals surface area contributed by atoms with Crippen molar-refractivity contribution in [2.24, 2.45) is 0 Å². The molecule has 0 aliphatic carbocycles. The molecule has 4 nitrogen and oxygen atoms in total. The van der Waals surface area contributed by atoms with Crippen molar-refractivity contribution in [3.05, 3.63) is 22.4 Å². The van der Waals surface area contributed by atoms with Gasteiger partial charge in [-0.3, -0.25) is 0 Å².